The fourth-order valence-electron chi connectivity index (χ4n) is 3.33. The van der Waals surface area contributed by atoms with Crippen molar-refractivity contribution in [3.05, 3.63) is 23.8 Å². The van der Waals surface area contributed by atoms with E-state index in [1.807, 2.05) is 32.0 Å². The van der Waals surface area contributed by atoms with Crippen LogP contribution in [0.5, 0.6) is 11.5 Å². The maximum Gasteiger partial charge on any atom is 0.161 e. The Bertz CT molecular complexity index is 472. The molecule has 0 saturated heterocycles. The molecule has 0 heterocycles. The van der Waals surface area contributed by atoms with Crippen molar-refractivity contribution in [1.82, 2.24) is 0 Å². The summed E-state index contributed by atoms with van der Waals surface area (Å²) in [6.07, 6.45) is 3.07. The molecule has 1 saturated carbocycles. The van der Waals surface area contributed by atoms with Gasteiger partial charge in [0.15, 0.2) is 11.5 Å². The van der Waals surface area contributed by atoms with Gasteiger partial charge >= 0.3 is 0 Å². The molecule has 1 aromatic rings. The summed E-state index contributed by atoms with van der Waals surface area (Å²) in [7, 11) is 0. The summed E-state index contributed by atoms with van der Waals surface area (Å²) >= 11 is 0. The van der Waals surface area contributed by atoms with E-state index in [-0.39, 0.29) is 5.92 Å². The van der Waals surface area contributed by atoms with Crippen LogP contribution in [0.3, 0.4) is 0 Å². The Balaban J connectivity index is 2.36. The van der Waals surface area contributed by atoms with Crippen LogP contribution in [0.15, 0.2) is 18.2 Å². The first-order chi connectivity index (χ1) is 10.0. The van der Waals surface area contributed by atoms with Gasteiger partial charge in [-0.3, -0.25) is 0 Å². The Morgan fingerprint density at radius 2 is 1.76 bits per heavy atom. The zero-order chi connectivity index (χ0) is 15.5. The minimum absolute atomic E-state index is 0.265. The summed E-state index contributed by atoms with van der Waals surface area (Å²) in [6, 6.07) is 5.87. The first-order valence-corrected chi connectivity index (χ1v) is 8.13. The molecule has 0 aliphatic heterocycles. The lowest BCUT2D eigenvalue weighted by Gasteiger charge is -2.41. The van der Waals surface area contributed by atoms with E-state index < -0.39 is 5.60 Å². The zero-order valence-corrected chi connectivity index (χ0v) is 13.7. The maximum atomic E-state index is 11.2. The van der Waals surface area contributed by atoms with Crippen molar-refractivity contribution < 1.29 is 14.6 Å². The Kier molecular flexibility index (Phi) is 5.15. The van der Waals surface area contributed by atoms with Gasteiger partial charge in [0, 0.05) is 0 Å². The maximum absolute atomic E-state index is 11.2. The molecule has 0 radical (unpaired) electrons. The standard InChI is InChI=1S/C18H28O3/c1-5-20-16-10-9-15(11-17(16)21-6-2)18(19)12-13(3)7-8-14(18)4/h9-11,13-14,19H,5-8,12H2,1-4H3. The number of hydrogen-bond donors (Lipinski definition) is 1. The molecule has 1 aliphatic carbocycles. The number of benzene rings is 1. The van der Waals surface area contributed by atoms with Crippen molar-refractivity contribution in [3.63, 3.8) is 0 Å². The largest absolute Gasteiger partial charge is 0.490 e. The van der Waals surface area contributed by atoms with Gasteiger partial charge in [0.2, 0.25) is 0 Å². The molecule has 21 heavy (non-hydrogen) atoms. The smallest absolute Gasteiger partial charge is 0.161 e. The summed E-state index contributed by atoms with van der Waals surface area (Å²) in [5.74, 6) is 2.30. The van der Waals surface area contributed by atoms with E-state index in [4.69, 9.17) is 9.47 Å². The summed E-state index contributed by atoms with van der Waals surface area (Å²) in [5, 5.41) is 11.2. The highest BCUT2D eigenvalue weighted by atomic mass is 16.5. The van der Waals surface area contributed by atoms with Crippen molar-refractivity contribution in [2.75, 3.05) is 13.2 Å². The summed E-state index contributed by atoms with van der Waals surface area (Å²) in [4.78, 5) is 0. The third kappa shape index (κ3) is 3.34. The predicted molar refractivity (Wildman–Crippen MR) is 84.9 cm³/mol. The van der Waals surface area contributed by atoms with Gasteiger partial charge in [-0.1, -0.05) is 26.3 Å². The topological polar surface area (TPSA) is 38.7 Å². The van der Waals surface area contributed by atoms with Crippen LogP contribution >= 0.6 is 0 Å². The molecule has 1 N–H and O–H groups in total. The normalized spacial score (nSPS) is 29.2. The SMILES string of the molecule is CCOc1ccc(C2(O)CC(C)CCC2C)cc1OCC. The summed E-state index contributed by atoms with van der Waals surface area (Å²) < 4.78 is 11.3. The number of rotatable bonds is 5. The molecule has 1 aliphatic rings. The Hall–Kier alpha value is -1.22. The van der Waals surface area contributed by atoms with E-state index >= 15 is 0 Å². The van der Waals surface area contributed by atoms with Crippen molar-refractivity contribution in [2.24, 2.45) is 11.8 Å². The molecule has 3 nitrogen and oxygen atoms in total. The molecular weight excluding hydrogens is 264 g/mol. The fourth-order valence-corrected chi connectivity index (χ4v) is 3.33. The lowest BCUT2D eigenvalue weighted by Crippen LogP contribution is -2.39. The van der Waals surface area contributed by atoms with Gasteiger partial charge in [-0.05, 0) is 56.2 Å². The minimum atomic E-state index is -0.756. The zero-order valence-electron chi connectivity index (χ0n) is 13.7. The van der Waals surface area contributed by atoms with Crippen LogP contribution in [0, 0.1) is 11.8 Å². The first-order valence-electron chi connectivity index (χ1n) is 8.13. The average molecular weight is 292 g/mol. The van der Waals surface area contributed by atoms with E-state index in [0.717, 1.165) is 29.9 Å². The molecule has 3 heteroatoms. The molecule has 118 valence electrons. The van der Waals surface area contributed by atoms with Crippen molar-refractivity contribution in [2.45, 2.75) is 52.6 Å². The van der Waals surface area contributed by atoms with Crippen LogP contribution in [0.2, 0.25) is 0 Å². The molecule has 1 aromatic carbocycles. The van der Waals surface area contributed by atoms with Crippen molar-refractivity contribution in [3.8, 4) is 11.5 Å². The van der Waals surface area contributed by atoms with Gasteiger partial charge in [0.1, 0.15) is 0 Å². The molecule has 2 rings (SSSR count). The van der Waals surface area contributed by atoms with Crippen molar-refractivity contribution >= 4 is 0 Å². The van der Waals surface area contributed by atoms with Gasteiger partial charge < -0.3 is 14.6 Å². The number of aliphatic hydroxyl groups is 1. The van der Waals surface area contributed by atoms with Gasteiger partial charge in [0.25, 0.3) is 0 Å². The molecule has 3 unspecified atom stereocenters. The average Bonchev–Trinajstić information content (AvgIpc) is 2.45. The Labute approximate surface area is 128 Å². The monoisotopic (exact) mass is 292 g/mol. The molecular formula is C18H28O3. The van der Waals surface area contributed by atoms with Gasteiger partial charge in [-0.15, -0.1) is 0 Å². The third-order valence-electron chi connectivity index (χ3n) is 4.61. The minimum Gasteiger partial charge on any atom is -0.490 e. The van der Waals surface area contributed by atoms with Gasteiger partial charge in [-0.2, -0.15) is 0 Å². The van der Waals surface area contributed by atoms with E-state index in [1.54, 1.807) is 0 Å². The van der Waals surface area contributed by atoms with E-state index in [9.17, 15) is 5.11 Å². The molecule has 3 atom stereocenters. The molecule has 1 fully saturated rings. The number of hydrogen-bond acceptors (Lipinski definition) is 3. The first kappa shape index (κ1) is 16.2. The van der Waals surface area contributed by atoms with Crippen LogP contribution in [0.4, 0.5) is 0 Å². The lowest BCUT2D eigenvalue weighted by atomic mass is 9.69. The lowest BCUT2D eigenvalue weighted by molar-refractivity contribution is -0.0628. The second kappa shape index (κ2) is 6.69. The van der Waals surface area contributed by atoms with E-state index in [2.05, 4.69) is 13.8 Å². The Morgan fingerprint density at radius 1 is 1.10 bits per heavy atom. The predicted octanol–water partition coefficient (Wildman–Crippen LogP) is 4.13. The van der Waals surface area contributed by atoms with Crippen LogP contribution in [0.1, 0.15) is 52.5 Å². The van der Waals surface area contributed by atoms with E-state index in [1.165, 1.54) is 6.42 Å². The second-order valence-corrected chi connectivity index (χ2v) is 6.24. The van der Waals surface area contributed by atoms with Crippen molar-refractivity contribution in [1.29, 1.82) is 0 Å². The van der Waals surface area contributed by atoms with Crippen LogP contribution < -0.4 is 9.47 Å². The summed E-state index contributed by atoms with van der Waals surface area (Å²) in [6.45, 7) is 9.48. The van der Waals surface area contributed by atoms with Crippen LogP contribution in [-0.4, -0.2) is 18.3 Å². The van der Waals surface area contributed by atoms with E-state index in [0.29, 0.717) is 19.1 Å². The van der Waals surface area contributed by atoms with Gasteiger partial charge in [-0.25, -0.2) is 0 Å². The Morgan fingerprint density at radius 3 is 2.43 bits per heavy atom. The highest BCUT2D eigenvalue weighted by molar-refractivity contribution is 5.45. The second-order valence-electron chi connectivity index (χ2n) is 6.24. The van der Waals surface area contributed by atoms with Gasteiger partial charge in [0.05, 0.1) is 18.8 Å². The number of ether oxygens (including phenoxy) is 2. The van der Waals surface area contributed by atoms with Crippen LogP contribution in [0.25, 0.3) is 0 Å². The molecule has 0 amide bonds. The summed E-state index contributed by atoms with van der Waals surface area (Å²) in [5.41, 5.74) is 0.197. The van der Waals surface area contributed by atoms with Crippen LogP contribution in [-0.2, 0) is 5.60 Å². The quantitative estimate of drug-likeness (QED) is 0.887. The molecule has 0 aromatic heterocycles. The highest BCUT2D eigenvalue weighted by Crippen LogP contribution is 2.45. The third-order valence-corrected chi connectivity index (χ3v) is 4.61. The molecule has 0 bridgehead atoms. The molecule has 0 spiro atoms. The fraction of sp³-hybridized carbons (Fsp3) is 0.667. The highest BCUT2D eigenvalue weighted by Gasteiger charge is 2.40.